The first-order chi connectivity index (χ1) is 5.74. The van der Waals surface area contributed by atoms with Crippen molar-refractivity contribution in [2.45, 2.75) is 38.5 Å². The molecule has 0 bridgehead atoms. The Morgan fingerprint density at radius 1 is 1.58 bits per heavy atom. The Morgan fingerprint density at radius 2 is 2.33 bits per heavy atom. The molecule has 0 radical (unpaired) electrons. The van der Waals surface area contributed by atoms with Crippen molar-refractivity contribution >= 4 is 22.9 Å². The number of hydrogen-bond donors (Lipinski definition) is 0. The maximum absolute atomic E-state index is 6.04. The van der Waals surface area contributed by atoms with E-state index in [1.54, 1.807) is 0 Å². The molecule has 1 unspecified atom stereocenters. The van der Waals surface area contributed by atoms with Crippen LogP contribution in [0.5, 0.6) is 0 Å². The molecule has 1 rings (SSSR count). The van der Waals surface area contributed by atoms with Gasteiger partial charge >= 0.3 is 0 Å². The van der Waals surface area contributed by atoms with Crippen molar-refractivity contribution in [3.63, 3.8) is 0 Å². The maximum Gasteiger partial charge on any atom is 0.0336 e. The van der Waals surface area contributed by atoms with E-state index in [2.05, 4.69) is 25.3 Å². The van der Waals surface area contributed by atoms with Crippen molar-refractivity contribution < 1.29 is 0 Å². The summed E-state index contributed by atoms with van der Waals surface area (Å²) in [4.78, 5) is 1.49. The fraction of sp³-hybridized carbons (Fsp3) is 0.600. The molecule has 0 aromatic carbocycles. The summed E-state index contributed by atoms with van der Waals surface area (Å²) in [5, 5.41) is 2.51. The topological polar surface area (TPSA) is 0 Å². The van der Waals surface area contributed by atoms with Crippen LogP contribution in [0.15, 0.2) is 11.4 Å². The molecular formula is C10H15ClS. The van der Waals surface area contributed by atoms with Gasteiger partial charge in [-0.15, -0.1) is 22.9 Å². The second-order valence-corrected chi connectivity index (χ2v) is 4.69. The number of halogens is 1. The lowest BCUT2D eigenvalue weighted by Crippen LogP contribution is -1.97. The first kappa shape index (κ1) is 10.1. The van der Waals surface area contributed by atoms with Crippen LogP contribution in [0.25, 0.3) is 0 Å². The Labute approximate surface area is 83.6 Å². The van der Waals surface area contributed by atoms with Crippen LogP contribution in [0.3, 0.4) is 0 Å². The van der Waals surface area contributed by atoms with Crippen molar-refractivity contribution in [3.05, 3.63) is 21.9 Å². The average molecular weight is 203 g/mol. The lowest BCUT2D eigenvalue weighted by molar-refractivity contribution is 0.730. The third-order valence-electron chi connectivity index (χ3n) is 2.10. The third kappa shape index (κ3) is 2.80. The van der Waals surface area contributed by atoms with E-state index >= 15 is 0 Å². The van der Waals surface area contributed by atoms with E-state index in [1.807, 2.05) is 11.3 Å². The van der Waals surface area contributed by atoms with Crippen LogP contribution in [0.1, 0.15) is 30.2 Å². The van der Waals surface area contributed by atoms with E-state index in [0.717, 1.165) is 19.3 Å². The van der Waals surface area contributed by atoms with Crippen LogP contribution >= 0.6 is 22.9 Å². The van der Waals surface area contributed by atoms with Gasteiger partial charge < -0.3 is 0 Å². The van der Waals surface area contributed by atoms with Crippen LogP contribution in [0.4, 0.5) is 0 Å². The highest BCUT2D eigenvalue weighted by Gasteiger charge is 2.04. The lowest BCUT2D eigenvalue weighted by Gasteiger charge is -2.04. The molecule has 2 heteroatoms. The van der Waals surface area contributed by atoms with Gasteiger partial charge in [-0.3, -0.25) is 0 Å². The quantitative estimate of drug-likeness (QED) is 0.648. The maximum atomic E-state index is 6.04. The van der Waals surface area contributed by atoms with Gasteiger partial charge in [-0.25, -0.2) is 0 Å². The fourth-order valence-corrected chi connectivity index (χ4v) is 2.19. The smallest absolute Gasteiger partial charge is 0.0336 e. The Kier molecular flexibility index (Phi) is 4.10. The molecule has 0 amide bonds. The first-order valence-electron chi connectivity index (χ1n) is 4.41. The summed E-state index contributed by atoms with van der Waals surface area (Å²) in [6.45, 7) is 4.31. The monoisotopic (exact) mass is 202 g/mol. The van der Waals surface area contributed by atoms with Gasteiger partial charge in [0, 0.05) is 10.3 Å². The molecule has 1 aromatic rings. The molecule has 0 nitrogen and oxygen atoms in total. The molecule has 0 aliphatic rings. The van der Waals surface area contributed by atoms with Crippen molar-refractivity contribution in [2.24, 2.45) is 0 Å². The van der Waals surface area contributed by atoms with Gasteiger partial charge in [-0.2, -0.15) is 0 Å². The van der Waals surface area contributed by atoms with E-state index in [-0.39, 0.29) is 0 Å². The highest BCUT2D eigenvalue weighted by molar-refractivity contribution is 7.10. The summed E-state index contributed by atoms with van der Waals surface area (Å²) in [6, 6.07) is 2.18. The van der Waals surface area contributed by atoms with Crippen LogP contribution in [-0.2, 0) is 6.42 Å². The Hall–Kier alpha value is -0.0100. The van der Waals surface area contributed by atoms with E-state index in [0.29, 0.717) is 5.38 Å². The van der Waals surface area contributed by atoms with Crippen LogP contribution in [-0.4, -0.2) is 5.38 Å². The van der Waals surface area contributed by atoms with Crippen molar-refractivity contribution in [1.29, 1.82) is 0 Å². The largest absolute Gasteiger partial charge is 0.149 e. The fourth-order valence-electron chi connectivity index (χ4n) is 1.15. The molecule has 0 aliphatic carbocycles. The predicted octanol–water partition coefficient (Wildman–Crippen LogP) is 4.01. The number of alkyl halides is 1. The first-order valence-corrected chi connectivity index (χ1v) is 5.72. The van der Waals surface area contributed by atoms with E-state index in [4.69, 9.17) is 11.6 Å². The van der Waals surface area contributed by atoms with Gasteiger partial charge in [0.2, 0.25) is 0 Å². The SMILES string of the molecule is CCC(Cl)CCc1sccc1C. The minimum absolute atomic E-state index is 0.353. The number of aryl methyl sites for hydroxylation is 2. The van der Waals surface area contributed by atoms with Gasteiger partial charge in [-0.1, -0.05) is 6.92 Å². The van der Waals surface area contributed by atoms with Crippen LogP contribution in [0, 0.1) is 6.92 Å². The van der Waals surface area contributed by atoms with E-state index in [1.165, 1.54) is 10.4 Å². The van der Waals surface area contributed by atoms with Gasteiger partial charge in [0.25, 0.3) is 0 Å². The molecular weight excluding hydrogens is 188 g/mol. The molecule has 0 fully saturated rings. The number of rotatable bonds is 4. The standard InChI is InChI=1S/C10H15ClS/c1-3-9(11)4-5-10-8(2)6-7-12-10/h6-7,9H,3-5H2,1-2H3. The van der Waals surface area contributed by atoms with Crippen LogP contribution < -0.4 is 0 Å². The van der Waals surface area contributed by atoms with Gasteiger partial charge in [-0.05, 0) is 43.2 Å². The molecule has 0 aliphatic heterocycles. The summed E-state index contributed by atoms with van der Waals surface area (Å²) in [7, 11) is 0. The molecule has 0 N–H and O–H groups in total. The summed E-state index contributed by atoms with van der Waals surface area (Å²) in [5.41, 5.74) is 1.42. The Balaban J connectivity index is 2.38. The van der Waals surface area contributed by atoms with E-state index < -0.39 is 0 Å². The molecule has 68 valence electrons. The summed E-state index contributed by atoms with van der Waals surface area (Å²) in [5.74, 6) is 0. The minimum Gasteiger partial charge on any atom is -0.149 e. The molecule has 0 saturated heterocycles. The zero-order valence-electron chi connectivity index (χ0n) is 7.64. The zero-order chi connectivity index (χ0) is 8.97. The highest BCUT2D eigenvalue weighted by Crippen LogP contribution is 2.19. The second-order valence-electron chi connectivity index (χ2n) is 3.07. The molecule has 0 saturated carbocycles. The van der Waals surface area contributed by atoms with Crippen LogP contribution in [0.2, 0.25) is 0 Å². The zero-order valence-corrected chi connectivity index (χ0v) is 9.21. The minimum atomic E-state index is 0.353. The second kappa shape index (κ2) is 4.88. The Morgan fingerprint density at radius 3 is 2.83 bits per heavy atom. The molecule has 0 spiro atoms. The molecule has 1 atom stereocenters. The predicted molar refractivity (Wildman–Crippen MR) is 57.3 cm³/mol. The van der Waals surface area contributed by atoms with Crippen molar-refractivity contribution in [1.82, 2.24) is 0 Å². The molecule has 1 heterocycles. The van der Waals surface area contributed by atoms with Crippen molar-refractivity contribution in [3.8, 4) is 0 Å². The van der Waals surface area contributed by atoms with E-state index in [9.17, 15) is 0 Å². The Bertz CT molecular complexity index is 229. The molecule has 12 heavy (non-hydrogen) atoms. The summed E-state index contributed by atoms with van der Waals surface area (Å²) < 4.78 is 0. The lowest BCUT2D eigenvalue weighted by atomic mass is 10.1. The third-order valence-corrected chi connectivity index (χ3v) is 3.71. The highest BCUT2D eigenvalue weighted by atomic mass is 35.5. The van der Waals surface area contributed by atoms with Gasteiger partial charge in [0.1, 0.15) is 0 Å². The summed E-state index contributed by atoms with van der Waals surface area (Å²) in [6.07, 6.45) is 3.33. The van der Waals surface area contributed by atoms with Gasteiger partial charge in [0.05, 0.1) is 0 Å². The molecule has 1 aromatic heterocycles. The normalized spacial score (nSPS) is 13.2. The number of hydrogen-bond acceptors (Lipinski definition) is 1. The number of thiophene rings is 1. The summed E-state index contributed by atoms with van der Waals surface area (Å²) >= 11 is 7.88. The van der Waals surface area contributed by atoms with Crippen molar-refractivity contribution in [2.75, 3.05) is 0 Å². The average Bonchev–Trinajstić information content (AvgIpc) is 2.47. The van der Waals surface area contributed by atoms with Gasteiger partial charge in [0.15, 0.2) is 0 Å².